The van der Waals surface area contributed by atoms with E-state index in [0.29, 0.717) is 6.29 Å². The van der Waals surface area contributed by atoms with E-state index in [1.54, 1.807) is 0 Å². The van der Waals surface area contributed by atoms with Crippen molar-refractivity contribution in [1.82, 2.24) is 10.2 Å². The lowest BCUT2D eigenvalue weighted by molar-refractivity contribution is -0.141. The summed E-state index contributed by atoms with van der Waals surface area (Å²) < 4.78 is 36.4. The van der Waals surface area contributed by atoms with Crippen LogP contribution in [-0.4, -0.2) is 16.5 Å². The molecule has 0 saturated heterocycles. The molecule has 1 rings (SSSR count). The topological polar surface area (TPSA) is 45.8 Å². The SMILES string of the molecule is O=CCc1c(C(F)(F)F)n[nH]c1Cl. The molecule has 0 aliphatic rings. The second-order valence-electron chi connectivity index (χ2n) is 2.23. The first-order chi connectivity index (χ1) is 5.96. The molecular formula is C6H4ClF3N2O. The lowest BCUT2D eigenvalue weighted by Gasteiger charge is -2.03. The first-order valence-electron chi connectivity index (χ1n) is 3.20. The minimum absolute atomic E-state index is 0.251. The average molecular weight is 213 g/mol. The van der Waals surface area contributed by atoms with E-state index >= 15 is 0 Å². The zero-order valence-electron chi connectivity index (χ0n) is 6.15. The molecule has 0 atom stereocenters. The van der Waals surface area contributed by atoms with Gasteiger partial charge in [-0.2, -0.15) is 18.3 Å². The molecule has 0 unspecified atom stereocenters. The Hall–Kier alpha value is -1.04. The van der Waals surface area contributed by atoms with Crippen LogP contribution in [0.2, 0.25) is 5.15 Å². The van der Waals surface area contributed by atoms with Gasteiger partial charge in [-0.15, -0.1) is 0 Å². The van der Waals surface area contributed by atoms with Crippen LogP contribution in [0.5, 0.6) is 0 Å². The van der Waals surface area contributed by atoms with Gasteiger partial charge in [0.05, 0.1) is 0 Å². The molecule has 1 heterocycles. The largest absolute Gasteiger partial charge is 0.435 e. The number of aromatic nitrogens is 2. The first kappa shape index (κ1) is 10.0. The average Bonchev–Trinajstić information content (AvgIpc) is 2.32. The van der Waals surface area contributed by atoms with Crippen molar-refractivity contribution < 1.29 is 18.0 Å². The van der Waals surface area contributed by atoms with Gasteiger partial charge in [-0.3, -0.25) is 5.10 Å². The predicted octanol–water partition coefficient (Wildman–Crippen LogP) is 1.82. The van der Waals surface area contributed by atoms with E-state index in [-0.39, 0.29) is 10.7 Å². The van der Waals surface area contributed by atoms with E-state index in [9.17, 15) is 18.0 Å². The fourth-order valence-electron chi connectivity index (χ4n) is 0.848. The molecule has 13 heavy (non-hydrogen) atoms. The highest BCUT2D eigenvalue weighted by atomic mass is 35.5. The maximum absolute atomic E-state index is 12.1. The minimum atomic E-state index is -4.58. The number of hydrogen-bond acceptors (Lipinski definition) is 2. The molecule has 0 bridgehead atoms. The summed E-state index contributed by atoms with van der Waals surface area (Å²) in [6.45, 7) is 0. The summed E-state index contributed by atoms with van der Waals surface area (Å²) in [6, 6.07) is 0. The molecule has 0 amide bonds. The van der Waals surface area contributed by atoms with Gasteiger partial charge in [-0.25, -0.2) is 0 Å². The molecule has 1 aromatic heterocycles. The van der Waals surface area contributed by atoms with Crippen LogP contribution in [-0.2, 0) is 17.4 Å². The van der Waals surface area contributed by atoms with E-state index in [1.165, 1.54) is 0 Å². The van der Waals surface area contributed by atoms with Gasteiger partial charge in [0.1, 0.15) is 11.4 Å². The van der Waals surface area contributed by atoms with Gasteiger partial charge >= 0.3 is 6.18 Å². The van der Waals surface area contributed by atoms with E-state index in [1.807, 2.05) is 5.10 Å². The van der Waals surface area contributed by atoms with Gasteiger partial charge in [0, 0.05) is 12.0 Å². The van der Waals surface area contributed by atoms with Crippen molar-refractivity contribution in [3.05, 3.63) is 16.4 Å². The Kier molecular flexibility index (Phi) is 2.60. The Morgan fingerprint density at radius 1 is 1.54 bits per heavy atom. The Labute approximate surface area is 75.9 Å². The summed E-state index contributed by atoms with van der Waals surface area (Å²) in [6.07, 6.45) is -4.64. The van der Waals surface area contributed by atoms with Crippen LogP contribution in [0.25, 0.3) is 0 Å². The van der Waals surface area contributed by atoms with Gasteiger partial charge in [0.2, 0.25) is 0 Å². The second-order valence-corrected chi connectivity index (χ2v) is 2.61. The third-order valence-electron chi connectivity index (χ3n) is 1.37. The molecule has 0 fully saturated rings. The van der Waals surface area contributed by atoms with Crippen LogP contribution in [0.15, 0.2) is 0 Å². The lowest BCUT2D eigenvalue weighted by atomic mass is 10.2. The summed E-state index contributed by atoms with van der Waals surface area (Å²) in [5.41, 5.74) is -1.45. The maximum atomic E-state index is 12.1. The molecule has 7 heteroatoms. The van der Waals surface area contributed by atoms with Crippen LogP contribution in [0.4, 0.5) is 13.2 Å². The molecule has 1 aromatic rings. The van der Waals surface area contributed by atoms with Crippen molar-refractivity contribution in [1.29, 1.82) is 0 Å². The molecule has 3 nitrogen and oxygen atoms in total. The number of halogens is 4. The molecule has 0 radical (unpaired) electrons. The smallest absolute Gasteiger partial charge is 0.303 e. The van der Waals surface area contributed by atoms with Crippen molar-refractivity contribution in [2.75, 3.05) is 0 Å². The lowest BCUT2D eigenvalue weighted by Crippen LogP contribution is -2.09. The Bertz CT molecular complexity index is 320. The summed E-state index contributed by atoms with van der Waals surface area (Å²) in [5.74, 6) is 0. The predicted molar refractivity (Wildman–Crippen MR) is 38.4 cm³/mol. The number of H-pyrrole nitrogens is 1. The molecule has 72 valence electrons. The van der Waals surface area contributed by atoms with Gasteiger partial charge < -0.3 is 4.79 Å². The third kappa shape index (κ3) is 2.00. The van der Waals surface area contributed by atoms with Crippen LogP contribution < -0.4 is 0 Å². The van der Waals surface area contributed by atoms with Gasteiger partial charge in [-0.1, -0.05) is 11.6 Å². The number of carbonyl (C=O) groups is 1. The number of carbonyl (C=O) groups excluding carboxylic acids is 1. The highest BCUT2D eigenvalue weighted by molar-refractivity contribution is 6.30. The number of alkyl halides is 3. The highest BCUT2D eigenvalue weighted by Gasteiger charge is 2.37. The number of aromatic amines is 1. The summed E-state index contributed by atoms with van der Waals surface area (Å²) >= 11 is 5.35. The van der Waals surface area contributed by atoms with Crippen molar-refractivity contribution in [2.24, 2.45) is 0 Å². The highest BCUT2D eigenvalue weighted by Crippen LogP contribution is 2.32. The normalized spacial score (nSPS) is 11.7. The Balaban J connectivity index is 3.14. The maximum Gasteiger partial charge on any atom is 0.435 e. The molecule has 0 aliphatic carbocycles. The van der Waals surface area contributed by atoms with E-state index in [4.69, 9.17) is 11.6 Å². The Morgan fingerprint density at radius 2 is 2.15 bits per heavy atom. The molecule has 0 saturated carbocycles. The van der Waals surface area contributed by atoms with Crippen LogP contribution in [0.1, 0.15) is 11.3 Å². The number of nitrogens with one attached hydrogen (secondary N) is 1. The molecule has 0 aliphatic heterocycles. The quantitative estimate of drug-likeness (QED) is 0.760. The van der Waals surface area contributed by atoms with Crippen LogP contribution >= 0.6 is 11.6 Å². The first-order valence-corrected chi connectivity index (χ1v) is 3.58. The third-order valence-corrected chi connectivity index (χ3v) is 1.69. The zero-order valence-corrected chi connectivity index (χ0v) is 6.91. The van der Waals surface area contributed by atoms with Gasteiger partial charge in [-0.05, 0) is 0 Å². The minimum Gasteiger partial charge on any atom is -0.303 e. The van der Waals surface area contributed by atoms with Crippen molar-refractivity contribution in [3.63, 3.8) is 0 Å². The van der Waals surface area contributed by atoms with E-state index in [2.05, 4.69) is 5.10 Å². The van der Waals surface area contributed by atoms with Crippen molar-refractivity contribution in [3.8, 4) is 0 Å². The van der Waals surface area contributed by atoms with Gasteiger partial charge in [0.15, 0.2) is 5.69 Å². The van der Waals surface area contributed by atoms with Crippen molar-refractivity contribution >= 4 is 17.9 Å². The van der Waals surface area contributed by atoms with Gasteiger partial charge in [0.25, 0.3) is 0 Å². The number of aldehydes is 1. The summed E-state index contributed by atoms with van der Waals surface area (Å²) in [4.78, 5) is 10.0. The van der Waals surface area contributed by atoms with Crippen LogP contribution in [0, 0.1) is 0 Å². The summed E-state index contributed by atoms with van der Waals surface area (Å²) in [7, 11) is 0. The van der Waals surface area contributed by atoms with Crippen molar-refractivity contribution in [2.45, 2.75) is 12.6 Å². The summed E-state index contributed by atoms with van der Waals surface area (Å²) in [5, 5.41) is 4.68. The number of hydrogen-bond donors (Lipinski definition) is 1. The molecular weight excluding hydrogens is 209 g/mol. The molecule has 0 spiro atoms. The monoisotopic (exact) mass is 212 g/mol. The van der Waals surface area contributed by atoms with Crippen LogP contribution in [0.3, 0.4) is 0 Å². The number of rotatable bonds is 2. The fourth-order valence-corrected chi connectivity index (χ4v) is 1.06. The Morgan fingerprint density at radius 3 is 2.62 bits per heavy atom. The number of nitrogens with zero attached hydrogens (tertiary/aromatic N) is 1. The standard InChI is InChI=1S/C6H4ClF3N2O/c7-5-3(1-2-13)4(11-12-5)6(8,9)10/h2H,1H2,(H,11,12). The molecule has 0 aromatic carbocycles. The second kappa shape index (κ2) is 3.37. The van der Waals surface area contributed by atoms with E-state index in [0.717, 1.165) is 0 Å². The zero-order chi connectivity index (χ0) is 10.1. The molecule has 1 N–H and O–H groups in total. The fraction of sp³-hybridized carbons (Fsp3) is 0.333. The van der Waals surface area contributed by atoms with E-state index < -0.39 is 18.3 Å².